The van der Waals surface area contributed by atoms with Crippen molar-refractivity contribution in [2.24, 2.45) is 0 Å². The maximum Gasteiger partial charge on any atom is 0.491 e. The van der Waals surface area contributed by atoms with Crippen LogP contribution in [-0.4, -0.2) is 88.8 Å². The molecule has 42 heavy (non-hydrogen) atoms. The molecule has 3 heterocycles. The van der Waals surface area contributed by atoms with E-state index in [2.05, 4.69) is 5.32 Å². The van der Waals surface area contributed by atoms with E-state index in [-0.39, 0.29) is 37.3 Å². The number of amides is 3. The fourth-order valence-corrected chi connectivity index (χ4v) is 5.24. The maximum atomic E-state index is 13.5. The number of fused-ring (bicyclic) bond motifs is 2. The molecule has 0 aromatic heterocycles. The number of alkyl halides is 3. The Morgan fingerprint density at radius 1 is 0.976 bits per heavy atom. The van der Waals surface area contributed by atoms with Gasteiger partial charge in [-0.15, -0.1) is 0 Å². The Hall–Kier alpha value is -3.92. The summed E-state index contributed by atoms with van der Waals surface area (Å²) in [4.78, 5) is 51.7. The number of aliphatic carboxylic acids is 1. The number of rotatable bonds is 7. The Morgan fingerprint density at radius 3 is 2.12 bits per heavy atom. The third-order valence-corrected chi connectivity index (χ3v) is 7.42. The Balaban J connectivity index is 1.38. The number of halogens is 3. The molecule has 1 fully saturated rings. The summed E-state index contributed by atoms with van der Waals surface area (Å²) in [5.74, 6) is -4.41. The van der Waals surface area contributed by atoms with E-state index < -0.39 is 68.7 Å². The van der Waals surface area contributed by atoms with E-state index in [4.69, 9.17) is 14.4 Å². The summed E-state index contributed by atoms with van der Waals surface area (Å²) in [6.45, 7) is 0.0225. The second-order valence-corrected chi connectivity index (χ2v) is 10.2. The third kappa shape index (κ3) is 5.99. The molecule has 12 nitrogen and oxygen atoms in total. The lowest BCUT2D eigenvalue weighted by Crippen LogP contribution is -2.53. The van der Waals surface area contributed by atoms with Gasteiger partial charge in [0.25, 0.3) is 11.8 Å². The number of hydrogen-bond acceptors (Lipinski definition) is 8. The van der Waals surface area contributed by atoms with Gasteiger partial charge < -0.3 is 40.0 Å². The fraction of sp³-hybridized carbons (Fsp3) is 0.360. The highest BCUT2D eigenvalue weighted by molar-refractivity contribution is 6.62. The molecule has 3 aliphatic rings. The summed E-state index contributed by atoms with van der Waals surface area (Å²) in [5, 5.41) is 33.3. The Kier molecular flexibility index (Phi) is 8.02. The van der Waals surface area contributed by atoms with E-state index in [0.717, 1.165) is 4.90 Å². The molecule has 3 atom stereocenters. The number of nitrogens with zero attached hydrogens (tertiary/aromatic N) is 1. The van der Waals surface area contributed by atoms with Crippen LogP contribution in [-0.2, 0) is 32.1 Å². The SMILES string of the molecule is O=C(O)C[C@H](NC(=O)[C@@H]1C[C@@H](NC(=O)c2ccc3c(c2)B(O)OC3)CN1C(=O)c1ccc2c(c1)B(O)OC2)C(F)(F)F. The number of likely N-dealkylation sites (tertiary alicyclic amines) is 1. The summed E-state index contributed by atoms with van der Waals surface area (Å²) in [5.41, 5.74) is 2.23. The summed E-state index contributed by atoms with van der Waals surface area (Å²) < 4.78 is 50.7. The summed E-state index contributed by atoms with van der Waals surface area (Å²) in [6.07, 6.45) is -6.77. The summed E-state index contributed by atoms with van der Waals surface area (Å²) in [7, 11) is -2.48. The third-order valence-electron chi connectivity index (χ3n) is 7.42. The molecule has 5 rings (SSSR count). The van der Waals surface area contributed by atoms with Crippen LogP contribution in [0.2, 0.25) is 0 Å². The van der Waals surface area contributed by atoms with Crippen LogP contribution in [0.3, 0.4) is 0 Å². The predicted molar refractivity (Wildman–Crippen MR) is 139 cm³/mol. The van der Waals surface area contributed by atoms with E-state index in [9.17, 15) is 42.4 Å². The normalized spacial score (nSPS) is 20.3. The van der Waals surface area contributed by atoms with Gasteiger partial charge in [-0.3, -0.25) is 19.2 Å². The molecule has 220 valence electrons. The van der Waals surface area contributed by atoms with Crippen molar-refractivity contribution in [3.8, 4) is 0 Å². The molecule has 0 saturated carbocycles. The van der Waals surface area contributed by atoms with Gasteiger partial charge in [0.05, 0.1) is 19.6 Å². The molecule has 0 radical (unpaired) electrons. The molecular weight excluding hydrogens is 565 g/mol. The smallest absolute Gasteiger partial charge is 0.481 e. The molecular formula is C25H24B2F3N3O9. The van der Waals surface area contributed by atoms with Gasteiger partial charge in [-0.05, 0) is 52.7 Å². The minimum atomic E-state index is -5.08. The fourth-order valence-electron chi connectivity index (χ4n) is 5.24. The van der Waals surface area contributed by atoms with Gasteiger partial charge in [0.15, 0.2) is 0 Å². The minimum absolute atomic E-state index is 0.0218. The van der Waals surface area contributed by atoms with E-state index in [1.807, 2.05) is 0 Å². The zero-order valence-electron chi connectivity index (χ0n) is 21.8. The maximum absolute atomic E-state index is 13.5. The molecule has 5 N–H and O–H groups in total. The van der Waals surface area contributed by atoms with Crippen LogP contribution in [0.1, 0.15) is 44.7 Å². The molecule has 3 amide bonds. The second kappa shape index (κ2) is 11.4. The van der Waals surface area contributed by atoms with Crippen molar-refractivity contribution in [1.29, 1.82) is 0 Å². The van der Waals surface area contributed by atoms with Crippen molar-refractivity contribution in [2.75, 3.05) is 6.54 Å². The lowest BCUT2D eigenvalue weighted by Gasteiger charge is -2.27. The Bertz CT molecular complexity index is 1440. The van der Waals surface area contributed by atoms with Crippen LogP contribution in [0.15, 0.2) is 36.4 Å². The van der Waals surface area contributed by atoms with E-state index in [1.54, 1.807) is 17.4 Å². The molecule has 2 aromatic carbocycles. The van der Waals surface area contributed by atoms with Gasteiger partial charge in [0.2, 0.25) is 5.91 Å². The van der Waals surface area contributed by atoms with E-state index in [0.29, 0.717) is 22.1 Å². The van der Waals surface area contributed by atoms with Gasteiger partial charge in [0, 0.05) is 23.7 Å². The number of benzene rings is 2. The Morgan fingerprint density at radius 2 is 1.55 bits per heavy atom. The zero-order valence-corrected chi connectivity index (χ0v) is 21.8. The average Bonchev–Trinajstić information content (AvgIpc) is 3.63. The van der Waals surface area contributed by atoms with Crippen molar-refractivity contribution >= 4 is 48.9 Å². The number of carboxylic acid groups (broad SMARTS) is 1. The first-order chi connectivity index (χ1) is 19.8. The number of carbonyl (C=O) groups is 4. The second-order valence-electron chi connectivity index (χ2n) is 10.2. The predicted octanol–water partition coefficient (Wildman–Crippen LogP) is -1.34. The number of hydrogen-bond donors (Lipinski definition) is 5. The van der Waals surface area contributed by atoms with Crippen LogP contribution in [0.25, 0.3) is 0 Å². The first-order valence-corrected chi connectivity index (χ1v) is 12.9. The van der Waals surface area contributed by atoms with Crippen molar-refractivity contribution < 1.29 is 56.8 Å². The monoisotopic (exact) mass is 589 g/mol. The molecule has 3 aliphatic heterocycles. The van der Waals surface area contributed by atoms with Crippen molar-refractivity contribution in [2.45, 2.75) is 50.4 Å². The highest BCUT2D eigenvalue weighted by Crippen LogP contribution is 2.26. The van der Waals surface area contributed by atoms with Crippen LogP contribution in [0, 0.1) is 0 Å². The highest BCUT2D eigenvalue weighted by atomic mass is 19.4. The lowest BCUT2D eigenvalue weighted by molar-refractivity contribution is -0.170. The van der Waals surface area contributed by atoms with Crippen LogP contribution in [0.5, 0.6) is 0 Å². The van der Waals surface area contributed by atoms with Crippen molar-refractivity contribution in [3.63, 3.8) is 0 Å². The molecule has 17 heteroatoms. The van der Waals surface area contributed by atoms with Gasteiger partial charge in [-0.25, -0.2) is 0 Å². The largest absolute Gasteiger partial charge is 0.491 e. The van der Waals surface area contributed by atoms with Gasteiger partial charge in [-0.1, -0.05) is 12.1 Å². The van der Waals surface area contributed by atoms with Crippen LogP contribution in [0.4, 0.5) is 13.2 Å². The average molecular weight is 589 g/mol. The first kappa shape index (κ1) is 29.6. The van der Waals surface area contributed by atoms with Gasteiger partial charge in [0.1, 0.15) is 12.1 Å². The molecule has 0 aliphatic carbocycles. The van der Waals surface area contributed by atoms with Crippen LogP contribution < -0.4 is 21.6 Å². The van der Waals surface area contributed by atoms with Crippen molar-refractivity contribution in [1.82, 2.24) is 15.5 Å². The number of carbonyl (C=O) groups excluding carboxylic acids is 3. The number of carboxylic acids is 1. The molecule has 0 spiro atoms. The topological polar surface area (TPSA) is 175 Å². The standard InChI is InChI=1S/C25H24B2F3N3O9/c28-25(29,30)20(8-21(34)35)32-23(37)19-7-16(31-22(36)12-1-3-14-10-41-26(39)17(14)5-12)9-33(19)24(38)13-2-4-15-11-42-27(40)18(15)6-13/h1-6,16,19-20,39-40H,7-11H2,(H,31,36)(H,32,37)(H,34,35)/t16-,19+,20+/m1/s1. The molecule has 0 bridgehead atoms. The zero-order chi connectivity index (χ0) is 30.3. The van der Waals surface area contributed by atoms with Crippen LogP contribution >= 0.6 is 0 Å². The lowest BCUT2D eigenvalue weighted by atomic mass is 9.78. The van der Waals surface area contributed by atoms with Crippen molar-refractivity contribution in [3.05, 3.63) is 58.7 Å². The summed E-state index contributed by atoms with van der Waals surface area (Å²) >= 11 is 0. The van der Waals surface area contributed by atoms with E-state index in [1.165, 1.54) is 24.3 Å². The van der Waals surface area contributed by atoms with E-state index >= 15 is 0 Å². The minimum Gasteiger partial charge on any atom is -0.481 e. The number of nitrogens with one attached hydrogen (secondary N) is 2. The molecule has 1 saturated heterocycles. The molecule has 2 aromatic rings. The van der Waals surface area contributed by atoms with Gasteiger partial charge in [-0.2, -0.15) is 13.2 Å². The summed E-state index contributed by atoms with van der Waals surface area (Å²) in [6, 6.07) is 3.78. The van der Waals surface area contributed by atoms with Gasteiger partial charge >= 0.3 is 26.4 Å². The quantitative estimate of drug-likeness (QED) is 0.245. The Labute approximate surface area is 237 Å². The highest BCUT2D eigenvalue weighted by Gasteiger charge is 2.46. The molecule has 0 unspecified atom stereocenters. The first-order valence-electron chi connectivity index (χ1n) is 12.9.